The third-order valence-electron chi connectivity index (χ3n) is 6.10. The van der Waals surface area contributed by atoms with Crippen LogP contribution in [0.1, 0.15) is 60.6 Å². The number of nitriles is 1. The summed E-state index contributed by atoms with van der Waals surface area (Å²) in [5, 5.41) is 15.2. The van der Waals surface area contributed by atoms with Crippen LogP contribution >= 0.6 is 11.3 Å². The highest BCUT2D eigenvalue weighted by Gasteiger charge is 2.31. The summed E-state index contributed by atoms with van der Waals surface area (Å²) in [4.78, 5) is 10.8. The highest BCUT2D eigenvalue weighted by molar-refractivity contribution is 7.12. The van der Waals surface area contributed by atoms with E-state index < -0.39 is 0 Å². The lowest BCUT2D eigenvalue weighted by atomic mass is 10.1. The molecule has 3 heterocycles. The van der Waals surface area contributed by atoms with Crippen molar-refractivity contribution in [2.45, 2.75) is 45.6 Å². The molecule has 2 aliphatic rings. The van der Waals surface area contributed by atoms with Crippen molar-refractivity contribution in [3.05, 3.63) is 64.4 Å². The highest BCUT2D eigenvalue weighted by atomic mass is 32.1. The van der Waals surface area contributed by atoms with Gasteiger partial charge in [-0.25, -0.2) is 4.99 Å². The molecule has 0 spiro atoms. The molecule has 0 aliphatic carbocycles. The van der Waals surface area contributed by atoms with E-state index >= 15 is 0 Å². The molecule has 0 unspecified atom stereocenters. The number of benzene rings is 1. The number of hydrogen-bond acceptors (Lipinski definition) is 6. The molecule has 32 heavy (non-hydrogen) atoms. The number of likely N-dealkylation sites (tertiary alicyclic amines) is 1. The van der Waals surface area contributed by atoms with E-state index in [-0.39, 0.29) is 0 Å². The first-order valence-electron chi connectivity index (χ1n) is 11.5. The summed E-state index contributed by atoms with van der Waals surface area (Å²) in [5.74, 6) is 0.941. The van der Waals surface area contributed by atoms with E-state index in [9.17, 15) is 5.26 Å². The number of piperidine rings is 1. The van der Waals surface area contributed by atoms with Gasteiger partial charge in [-0.3, -0.25) is 0 Å². The number of fused-ring (bicyclic) bond motifs is 1. The van der Waals surface area contributed by atoms with Gasteiger partial charge in [0.1, 0.15) is 0 Å². The van der Waals surface area contributed by atoms with Crippen LogP contribution in [0.4, 0.5) is 5.69 Å². The molecule has 1 saturated heterocycles. The smallest absolute Gasteiger partial charge is 0.206 e. The quantitative estimate of drug-likeness (QED) is 0.536. The van der Waals surface area contributed by atoms with Crippen LogP contribution in [0.25, 0.3) is 11.4 Å². The van der Waals surface area contributed by atoms with E-state index in [2.05, 4.69) is 46.6 Å². The van der Waals surface area contributed by atoms with Crippen LogP contribution < -0.4 is 5.32 Å². The van der Waals surface area contributed by atoms with Crippen molar-refractivity contribution >= 4 is 34.4 Å². The van der Waals surface area contributed by atoms with Crippen LogP contribution in [0.5, 0.6) is 0 Å². The van der Waals surface area contributed by atoms with Crippen LogP contribution in [-0.4, -0.2) is 35.4 Å². The van der Waals surface area contributed by atoms with Gasteiger partial charge in [-0.05, 0) is 37.3 Å². The Balaban J connectivity index is 1.71. The number of hydrogen-bond donors (Lipinski definition) is 1. The van der Waals surface area contributed by atoms with Gasteiger partial charge in [-0.2, -0.15) is 5.26 Å². The molecule has 4 rings (SSSR count). The van der Waals surface area contributed by atoms with Gasteiger partial charge in [0, 0.05) is 36.3 Å². The second-order valence-corrected chi connectivity index (χ2v) is 9.23. The summed E-state index contributed by atoms with van der Waals surface area (Å²) in [6.45, 7) is 14.4. The van der Waals surface area contributed by atoms with Crippen molar-refractivity contribution in [1.29, 1.82) is 5.26 Å². The molecular formula is C26H31N5S. The molecule has 2 aromatic rings. The average Bonchev–Trinajstić information content (AvgIpc) is 3.26. The molecule has 0 amide bonds. The number of unbranched alkanes of at least 4 members (excludes halogenated alkanes) is 1. The monoisotopic (exact) mass is 445 g/mol. The van der Waals surface area contributed by atoms with Crippen LogP contribution in [-0.2, 0) is 6.54 Å². The fourth-order valence-corrected chi connectivity index (χ4v) is 5.24. The van der Waals surface area contributed by atoms with Gasteiger partial charge in [-0.15, -0.1) is 11.3 Å². The lowest BCUT2D eigenvalue weighted by Gasteiger charge is -2.39. The second kappa shape index (κ2) is 10.1. The maximum Gasteiger partial charge on any atom is 0.206 e. The minimum atomic E-state index is 0.584. The minimum Gasteiger partial charge on any atom is -0.385 e. The molecule has 1 aromatic heterocycles. The van der Waals surface area contributed by atoms with Crippen LogP contribution in [0.2, 0.25) is 0 Å². The van der Waals surface area contributed by atoms with Gasteiger partial charge >= 0.3 is 0 Å². The molecule has 2 aliphatic heterocycles. The van der Waals surface area contributed by atoms with Crippen molar-refractivity contribution in [1.82, 2.24) is 15.1 Å². The van der Waals surface area contributed by atoms with Crippen LogP contribution in [0.15, 0.2) is 47.8 Å². The Morgan fingerprint density at radius 2 is 2.03 bits per heavy atom. The molecule has 1 aromatic carbocycles. The van der Waals surface area contributed by atoms with Gasteiger partial charge < -0.3 is 15.1 Å². The SMILES string of the molecule is C=C(NCCCC)c1csc2c1N=C(N1CCCCC1)N(Cc1ccccc1C#N)C2=C. The van der Waals surface area contributed by atoms with E-state index in [1.54, 1.807) is 11.3 Å². The Bertz CT molecular complexity index is 1070. The summed E-state index contributed by atoms with van der Waals surface area (Å²) in [6.07, 6.45) is 5.86. The number of thiophene rings is 1. The van der Waals surface area contributed by atoms with E-state index in [0.29, 0.717) is 12.1 Å². The zero-order valence-electron chi connectivity index (χ0n) is 18.9. The Hall–Kier alpha value is -3.04. The zero-order chi connectivity index (χ0) is 22.5. The average molecular weight is 446 g/mol. The molecule has 166 valence electrons. The predicted molar refractivity (Wildman–Crippen MR) is 135 cm³/mol. The van der Waals surface area contributed by atoms with Gasteiger partial charge in [-0.1, -0.05) is 44.7 Å². The van der Waals surface area contributed by atoms with E-state index in [1.807, 2.05) is 24.3 Å². The molecule has 0 atom stereocenters. The summed E-state index contributed by atoms with van der Waals surface area (Å²) in [6, 6.07) is 10.1. The molecule has 1 N–H and O–H groups in total. The topological polar surface area (TPSA) is 54.7 Å². The standard InChI is InChI=1S/C26H31N5S/c1-4-5-13-28-19(2)23-18-32-25-20(3)31(17-22-12-8-7-11-21(22)16-27)26(29-24(23)25)30-14-9-6-10-15-30/h7-8,11-12,18,28H,2-6,9-10,13-15,17H2,1H3. The van der Waals surface area contributed by atoms with E-state index in [0.717, 1.165) is 71.5 Å². The van der Waals surface area contributed by atoms with Gasteiger partial charge in [0.2, 0.25) is 5.96 Å². The third kappa shape index (κ3) is 4.44. The Kier molecular flexibility index (Phi) is 6.96. The van der Waals surface area contributed by atoms with E-state index in [4.69, 9.17) is 4.99 Å². The lowest BCUT2D eigenvalue weighted by Crippen LogP contribution is -2.46. The lowest BCUT2D eigenvalue weighted by molar-refractivity contribution is 0.306. The maximum absolute atomic E-state index is 9.59. The van der Waals surface area contributed by atoms with Gasteiger partial charge in [0.25, 0.3) is 0 Å². The highest BCUT2D eigenvalue weighted by Crippen LogP contribution is 2.44. The minimum absolute atomic E-state index is 0.584. The number of nitrogens with one attached hydrogen (secondary N) is 1. The molecule has 0 radical (unpaired) electrons. The summed E-state index contributed by atoms with van der Waals surface area (Å²) < 4.78 is 0. The predicted octanol–water partition coefficient (Wildman–Crippen LogP) is 5.94. The first kappa shape index (κ1) is 22.2. The first-order valence-corrected chi connectivity index (χ1v) is 12.3. The Morgan fingerprint density at radius 1 is 1.25 bits per heavy atom. The van der Waals surface area contributed by atoms with Gasteiger partial charge in [0.05, 0.1) is 34.4 Å². The van der Waals surface area contributed by atoms with Gasteiger partial charge in [0.15, 0.2) is 0 Å². The van der Waals surface area contributed by atoms with E-state index in [1.165, 1.54) is 19.3 Å². The summed E-state index contributed by atoms with van der Waals surface area (Å²) in [5.41, 5.74) is 5.60. The van der Waals surface area contributed by atoms with Crippen molar-refractivity contribution in [3.63, 3.8) is 0 Å². The number of nitrogens with zero attached hydrogens (tertiary/aromatic N) is 4. The summed E-state index contributed by atoms with van der Waals surface area (Å²) in [7, 11) is 0. The molecule has 6 heteroatoms. The van der Waals surface area contributed by atoms with Crippen molar-refractivity contribution in [2.24, 2.45) is 4.99 Å². The maximum atomic E-state index is 9.59. The molecule has 5 nitrogen and oxygen atoms in total. The zero-order valence-corrected chi connectivity index (χ0v) is 19.7. The number of rotatable bonds is 7. The largest absolute Gasteiger partial charge is 0.385 e. The molecular weight excluding hydrogens is 414 g/mol. The summed E-state index contributed by atoms with van der Waals surface area (Å²) >= 11 is 1.67. The van der Waals surface area contributed by atoms with Crippen LogP contribution in [0.3, 0.4) is 0 Å². The molecule has 0 bridgehead atoms. The van der Waals surface area contributed by atoms with Crippen molar-refractivity contribution in [2.75, 3.05) is 19.6 Å². The fraction of sp³-hybridized carbons (Fsp3) is 0.385. The number of aliphatic imine (C=N–C) groups is 1. The number of guanidine groups is 1. The Morgan fingerprint density at radius 3 is 2.78 bits per heavy atom. The first-order chi connectivity index (χ1) is 15.6. The van der Waals surface area contributed by atoms with Crippen LogP contribution in [0, 0.1) is 11.3 Å². The molecule has 1 fully saturated rings. The second-order valence-electron chi connectivity index (χ2n) is 8.35. The fourth-order valence-electron chi connectivity index (χ4n) is 4.24. The Labute approximate surface area is 195 Å². The molecule has 0 saturated carbocycles. The van der Waals surface area contributed by atoms with Crippen molar-refractivity contribution < 1.29 is 0 Å². The third-order valence-corrected chi connectivity index (χ3v) is 7.12. The van der Waals surface area contributed by atoms with Crippen molar-refractivity contribution in [3.8, 4) is 6.07 Å². The normalized spacial score (nSPS) is 15.8.